The second kappa shape index (κ2) is 9.28. The summed E-state index contributed by atoms with van der Waals surface area (Å²) in [5.74, 6) is -0.475. The summed E-state index contributed by atoms with van der Waals surface area (Å²) >= 11 is 0. The minimum atomic E-state index is -0.255. The van der Waals surface area contributed by atoms with E-state index in [0.717, 1.165) is 19.4 Å². The highest BCUT2D eigenvalue weighted by Crippen LogP contribution is 2.21. The Morgan fingerprint density at radius 2 is 1.70 bits per heavy atom. The lowest BCUT2D eigenvalue weighted by Gasteiger charge is -2.24. The molecule has 3 rings (SSSR count). The Labute approximate surface area is 158 Å². The van der Waals surface area contributed by atoms with E-state index in [-0.39, 0.29) is 23.7 Å². The van der Waals surface area contributed by atoms with Gasteiger partial charge < -0.3 is 10.6 Å². The van der Waals surface area contributed by atoms with E-state index in [1.807, 2.05) is 11.0 Å². The molecular weight excluding hydrogens is 345 g/mol. The third kappa shape index (κ3) is 5.14. The fourth-order valence-corrected chi connectivity index (χ4v) is 3.33. The first-order chi connectivity index (χ1) is 13.1. The molecule has 2 amide bonds. The Bertz CT molecular complexity index is 782. The van der Waals surface area contributed by atoms with Crippen molar-refractivity contribution >= 4 is 11.8 Å². The number of halogens is 1. The highest BCUT2D eigenvalue weighted by Gasteiger charge is 2.30. The van der Waals surface area contributed by atoms with E-state index in [1.165, 1.54) is 6.07 Å². The van der Waals surface area contributed by atoms with Crippen molar-refractivity contribution < 1.29 is 14.0 Å². The Balaban J connectivity index is 1.44. The Morgan fingerprint density at radius 3 is 2.48 bits per heavy atom. The van der Waals surface area contributed by atoms with Crippen LogP contribution in [0.1, 0.15) is 28.8 Å². The van der Waals surface area contributed by atoms with E-state index in [0.29, 0.717) is 30.8 Å². The molecule has 0 spiro atoms. The third-order valence-electron chi connectivity index (χ3n) is 4.74. The molecule has 0 bridgehead atoms. The van der Waals surface area contributed by atoms with Gasteiger partial charge in [0, 0.05) is 30.8 Å². The summed E-state index contributed by atoms with van der Waals surface area (Å²) in [6.45, 7) is 1.92. The molecule has 1 saturated heterocycles. The van der Waals surface area contributed by atoms with E-state index in [2.05, 4.69) is 10.6 Å². The van der Waals surface area contributed by atoms with Gasteiger partial charge in [-0.15, -0.1) is 0 Å². The third-order valence-corrected chi connectivity index (χ3v) is 4.74. The van der Waals surface area contributed by atoms with Gasteiger partial charge in [0.2, 0.25) is 5.91 Å². The van der Waals surface area contributed by atoms with Crippen LogP contribution in [0.15, 0.2) is 54.6 Å². The van der Waals surface area contributed by atoms with Crippen molar-refractivity contribution in [2.24, 2.45) is 0 Å². The van der Waals surface area contributed by atoms with Crippen molar-refractivity contribution in [2.75, 3.05) is 19.6 Å². The van der Waals surface area contributed by atoms with Crippen LogP contribution in [-0.4, -0.2) is 42.4 Å². The summed E-state index contributed by atoms with van der Waals surface area (Å²) in [7, 11) is 0. The molecule has 1 aliphatic heterocycles. The van der Waals surface area contributed by atoms with Crippen molar-refractivity contribution in [3.05, 3.63) is 71.5 Å². The molecule has 2 N–H and O–H groups in total. The SMILES string of the molecule is O=C(NCCNC(=O)C1CCCN1Cc1ccccc1F)c1ccccc1. The highest BCUT2D eigenvalue weighted by atomic mass is 19.1. The molecule has 6 heteroatoms. The zero-order valence-corrected chi connectivity index (χ0v) is 15.2. The number of benzene rings is 2. The molecule has 1 fully saturated rings. The topological polar surface area (TPSA) is 61.4 Å². The molecule has 1 heterocycles. The zero-order valence-electron chi connectivity index (χ0n) is 15.2. The lowest BCUT2D eigenvalue weighted by atomic mass is 10.1. The van der Waals surface area contributed by atoms with E-state index >= 15 is 0 Å². The summed E-state index contributed by atoms with van der Waals surface area (Å²) in [4.78, 5) is 26.5. The smallest absolute Gasteiger partial charge is 0.251 e. The minimum absolute atomic E-state index is 0.0715. The van der Waals surface area contributed by atoms with Crippen LogP contribution in [-0.2, 0) is 11.3 Å². The number of nitrogens with zero attached hydrogens (tertiary/aromatic N) is 1. The van der Waals surface area contributed by atoms with Crippen LogP contribution >= 0.6 is 0 Å². The molecule has 142 valence electrons. The lowest BCUT2D eigenvalue weighted by Crippen LogP contribution is -2.45. The van der Waals surface area contributed by atoms with Crippen LogP contribution in [0, 0.1) is 5.82 Å². The van der Waals surface area contributed by atoms with Crippen LogP contribution in [0.3, 0.4) is 0 Å². The standard InChI is InChI=1S/C21H24FN3O2/c22-18-10-5-4-9-17(18)15-25-14-6-11-19(25)21(27)24-13-12-23-20(26)16-7-2-1-3-8-16/h1-5,7-10,19H,6,11-15H2,(H,23,26)(H,24,27). The van der Waals surface area contributed by atoms with Crippen molar-refractivity contribution in [1.82, 2.24) is 15.5 Å². The second-order valence-electron chi connectivity index (χ2n) is 6.63. The number of hydrogen-bond acceptors (Lipinski definition) is 3. The van der Waals surface area contributed by atoms with Crippen LogP contribution in [0.5, 0.6) is 0 Å². The van der Waals surface area contributed by atoms with Crippen LogP contribution in [0.2, 0.25) is 0 Å². The van der Waals surface area contributed by atoms with Gasteiger partial charge in [-0.2, -0.15) is 0 Å². The average Bonchev–Trinajstić information content (AvgIpc) is 3.15. The summed E-state index contributed by atoms with van der Waals surface area (Å²) in [5.41, 5.74) is 1.20. The second-order valence-corrected chi connectivity index (χ2v) is 6.63. The molecule has 1 aliphatic rings. The van der Waals surface area contributed by atoms with Gasteiger partial charge in [-0.1, -0.05) is 36.4 Å². The van der Waals surface area contributed by atoms with Gasteiger partial charge in [0.15, 0.2) is 0 Å². The summed E-state index contributed by atoms with van der Waals surface area (Å²) < 4.78 is 13.9. The van der Waals surface area contributed by atoms with Gasteiger partial charge in [-0.3, -0.25) is 14.5 Å². The predicted octanol–water partition coefficient (Wildman–Crippen LogP) is 2.34. The lowest BCUT2D eigenvalue weighted by molar-refractivity contribution is -0.125. The number of nitrogens with one attached hydrogen (secondary N) is 2. The average molecular weight is 369 g/mol. The van der Waals surface area contributed by atoms with Crippen LogP contribution in [0.25, 0.3) is 0 Å². The van der Waals surface area contributed by atoms with Gasteiger partial charge in [-0.25, -0.2) is 4.39 Å². The first kappa shape index (κ1) is 19.0. The number of carbonyl (C=O) groups excluding carboxylic acids is 2. The summed E-state index contributed by atoms with van der Waals surface area (Å²) in [5, 5.41) is 5.66. The quantitative estimate of drug-likeness (QED) is 0.737. The predicted molar refractivity (Wildman–Crippen MR) is 102 cm³/mol. The van der Waals surface area contributed by atoms with Gasteiger partial charge in [0.05, 0.1) is 6.04 Å². The van der Waals surface area contributed by atoms with Crippen LogP contribution < -0.4 is 10.6 Å². The largest absolute Gasteiger partial charge is 0.353 e. The van der Waals surface area contributed by atoms with Gasteiger partial charge >= 0.3 is 0 Å². The molecule has 0 aromatic heterocycles. The molecule has 2 aromatic rings. The number of amides is 2. The first-order valence-electron chi connectivity index (χ1n) is 9.23. The zero-order chi connectivity index (χ0) is 19.1. The maximum Gasteiger partial charge on any atom is 0.251 e. The van der Waals surface area contributed by atoms with Crippen molar-refractivity contribution in [1.29, 1.82) is 0 Å². The molecule has 5 nitrogen and oxygen atoms in total. The Hall–Kier alpha value is -2.73. The number of rotatable bonds is 7. The first-order valence-corrected chi connectivity index (χ1v) is 9.23. The van der Waals surface area contributed by atoms with Gasteiger partial charge in [0.1, 0.15) is 5.82 Å². The highest BCUT2D eigenvalue weighted by molar-refractivity contribution is 5.94. The van der Waals surface area contributed by atoms with E-state index in [1.54, 1.807) is 42.5 Å². The molecule has 1 atom stereocenters. The maximum absolute atomic E-state index is 13.9. The molecule has 27 heavy (non-hydrogen) atoms. The molecule has 0 aliphatic carbocycles. The molecule has 2 aromatic carbocycles. The molecule has 0 saturated carbocycles. The Kier molecular flexibility index (Phi) is 6.54. The van der Waals surface area contributed by atoms with Gasteiger partial charge in [-0.05, 0) is 37.6 Å². The number of carbonyl (C=O) groups is 2. The molecular formula is C21H24FN3O2. The molecule has 0 radical (unpaired) electrons. The van der Waals surface area contributed by atoms with E-state index < -0.39 is 0 Å². The summed E-state index contributed by atoms with van der Waals surface area (Å²) in [6.07, 6.45) is 1.67. The summed E-state index contributed by atoms with van der Waals surface area (Å²) in [6, 6.07) is 15.4. The number of hydrogen-bond donors (Lipinski definition) is 2. The number of likely N-dealkylation sites (tertiary alicyclic amines) is 1. The normalized spacial score (nSPS) is 16.9. The minimum Gasteiger partial charge on any atom is -0.353 e. The van der Waals surface area contributed by atoms with E-state index in [9.17, 15) is 14.0 Å². The van der Waals surface area contributed by atoms with Gasteiger partial charge in [0.25, 0.3) is 5.91 Å². The molecule has 1 unspecified atom stereocenters. The fraction of sp³-hybridized carbons (Fsp3) is 0.333. The van der Waals surface area contributed by atoms with Crippen LogP contribution in [0.4, 0.5) is 4.39 Å². The van der Waals surface area contributed by atoms with Crippen molar-refractivity contribution in [3.63, 3.8) is 0 Å². The monoisotopic (exact) mass is 369 g/mol. The van der Waals surface area contributed by atoms with E-state index in [4.69, 9.17) is 0 Å². The maximum atomic E-state index is 13.9. The Morgan fingerprint density at radius 1 is 1.00 bits per heavy atom. The fourth-order valence-electron chi connectivity index (χ4n) is 3.33. The van der Waals surface area contributed by atoms with Crippen molar-refractivity contribution in [2.45, 2.75) is 25.4 Å². The van der Waals surface area contributed by atoms with Crippen molar-refractivity contribution in [3.8, 4) is 0 Å².